The van der Waals surface area contributed by atoms with Crippen molar-refractivity contribution < 1.29 is 18.7 Å². The Hall–Kier alpha value is -3.53. The Morgan fingerprint density at radius 3 is 2.76 bits per heavy atom. The molecule has 1 aromatic carbocycles. The summed E-state index contributed by atoms with van der Waals surface area (Å²) >= 11 is 1.25. The van der Waals surface area contributed by atoms with E-state index in [0.717, 1.165) is 10.6 Å². The van der Waals surface area contributed by atoms with Crippen molar-refractivity contribution in [3.63, 3.8) is 0 Å². The third-order valence-corrected chi connectivity index (χ3v) is 6.52. The number of alkyl halides is 1. The van der Waals surface area contributed by atoms with Crippen LogP contribution in [-0.2, 0) is 18.5 Å². The van der Waals surface area contributed by atoms with Crippen LogP contribution in [0.1, 0.15) is 46.8 Å². The summed E-state index contributed by atoms with van der Waals surface area (Å²) in [5.41, 5.74) is 0.408. The van der Waals surface area contributed by atoms with Crippen LogP contribution in [0.3, 0.4) is 0 Å². The van der Waals surface area contributed by atoms with Gasteiger partial charge in [0.2, 0.25) is 0 Å². The lowest BCUT2D eigenvalue weighted by Gasteiger charge is -2.29. The van der Waals surface area contributed by atoms with Gasteiger partial charge in [0.15, 0.2) is 5.13 Å². The molecule has 1 unspecified atom stereocenters. The number of thiazole rings is 1. The quantitative estimate of drug-likeness (QED) is 0.472. The molecule has 0 aliphatic heterocycles. The number of methoxy groups -OCH3 is 1. The second-order valence-corrected chi connectivity index (χ2v) is 9.48. The van der Waals surface area contributed by atoms with Gasteiger partial charge in [-0.15, -0.1) is 11.3 Å². The fourth-order valence-corrected chi connectivity index (χ4v) is 4.93. The van der Waals surface area contributed by atoms with Crippen molar-refractivity contribution in [1.29, 1.82) is 0 Å². The third kappa shape index (κ3) is 5.17. The van der Waals surface area contributed by atoms with Crippen LogP contribution in [0.2, 0.25) is 0 Å². The molecule has 34 heavy (non-hydrogen) atoms. The molecule has 4 rings (SSSR count). The standard InChI is InChI=1S/C24H26FN5O3S/c1-14(2)27-21(31)17-6-4-5-7-18(17)28-22(32)30-23-29-19-8-9-24(25,11-20(19)34-23)15-10-16(33-3)13-26-12-15/h4-7,10,12-14H,8-9,11H2,1-3H3,(H,27,31)(H2,28,29,30,32). The number of anilines is 2. The minimum atomic E-state index is -1.58. The molecule has 3 amide bonds. The van der Waals surface area contributed by atoms with E-state index in [1.807, 2.05) is 13.8 Å². The number of hydrogen-bond acceptors (Lipinski definition) is 6. The average molecular weight is 484 g/mol. The summed E-state index contributed by atoms with van der Waals surface area (Å²) in [6, 6.07) is 7.86. The Balaban J connectivity index is 1.46. The van der Waals surface area contributed by atoms with E-state index in [4.69, 9.17) is 4.74 Å². The van der Waals surface area contributed by atoms with Gasteiger partial charge in [0.1, 0.15) is 11.4 Å². The number of fused-ring (bicyclic) bond motifs is 1. The molecule has 8 nitrogen and oxygen atoms in total. The van der Waals surface area contributed by atoms with E-state index >= 15 is 4.39 Å². The molecule has 0 spiro atoms. The summed E-state index contributed by atoms with van der Waals surface area (Å²) in [6.45, 7) is 3.73. The fraction of sp³-hybridized carbons (Fsp3) is 0.333. The number of aryl methyl sites for hydroxylation is 1. The minimum absolute atomic E-state index is 0.0357. The smallest absolute Gasteiger partial charge is 0.325 e. The number of nitrogens with zero attached hydrogens (tertiary/aromatic N) is 2. The van der Waals surface area contributed by atoms with E-state index in [2.05, 4.69) is 25.9 Å². The molecule has 10 heteroatoms. The second-order valence-electron chi connectivity index (χ2n) is 8.40. The normalized spacial score (nSPS) is 17.1. The Labute approximate surface area is 201 Å². The van der Waals surface area contributed by atoms with Crippen LogP contribution >= 0.6 is 11.3 Å². The second kappa shape index (κ2) is 9.76. The van der Waals surface area contributed by atoms with Gasteiger partial charge in [0.25, 0.3) is 5.91 Å². The zero-order valence-electron chi connectivity index (χ0n) is 19.1. The number of ether oxygens (including phenoxy) is 1. The zero-order valence-corrected chi connectivity index (χ0v) is 20.0. The molecule has 0 radical (unpaired) electrons. The van der Waals surface area contributed by atoms with Gasteiger partial charge >= 0.3 is 6.03 Å². The molecule has 1 aliphatic rings. The maximum atomic E-state index is 15.8. The van der Waals surface area contributed by atoms with Gasteiger partial charge in [-0.05, 0) is 44.9 Å². The fourth-order valence-electron chi connectivity index (χ4n) is 3.83. The highest BCUT2D eigenvalue weighted by atomic mass is 32.1. The van der Waals surface area contributed by atoms with Crippen molar-refractivity contribution in [3.05, 3.63) is 64.4 Å². The number of carbonyl (C=O) groups excluding carboxylic acids is 2. The van der Waals surface area contributed by atoms with Crippen molar-refractivity contribution in [2.75, 3.05) is 17.7 Å². The van der Waals surface area contributed by atoms with Crippen LogP contribution in [0.5, 0.6) is 5.75 Å². The molecule has 0 fully saturated rings. The van der Waals surface area contributed by atoms with Crippen molar-refractivity contribution in [3.8, 4) is 5.75 Å². The summed E-state index contributed by atoms with van der Waals surface area (Å²) in [6.07, 6.45) is 3.92. The van der Waals surface area contributed by atoms with Gasteiger partial charge in [-0.1, -0.05) is 12.1 Å². The molecular formula is C24H26FN5O3S. The van der Waals surface area contributed by atoms with Crippen LogP contribution in [0.15, 0.2) is 42.7 Å². The van der Waals surface area contributed by atoms with Crippen LogP contribution in [0, 0.1) is 0 Å². The molecule has 1 atom stereocenters. The Morgan fingerprint density at radius 1 is 1.21 bits per heavy atom. The maximum absolute atomic E-state index is 15.8. The van der Waals surface area contributed by atoms with E-state index in [-0.39, 0.29) is 24.8 Å². The van der Waals surface area contributed by atoms with E-state index in [9.17, 15) is 9.59 Å². The Morgan fingerprint density at radius 2 is 2.00 bits per heavy atom. The number of hydrogen-bond donors (Lipinski definition) is 3. The molecule has 0 saturated carbocycles. The summed E-state index contributed by atoms with van der Waals surface area (Å²) in [5, 5.41) is 8.61. The van der Waals surface area contributed by atoms with Gasteiger partial charge in [-0.25, -0.2) is 14.2 Å². The summed E-state index contributed by atoms with van der Waals surface area (Å²) in [4.78, 5) is 34.4. The first-order valence-corrected chi connectivity index (χ1v) is 11.7. The van der Waals surface area contributed by atoms with E-state index in [1.54, 1.807) is 36.5 Å². The highest BCUT2D eigenvalue weighted by Crippen LogP contribution is 2.43. The largest absolute Gasteiger partial charge is 0.495 e. The summed E-state index contributed by atoms with van der Waals surface area (Å²) < 4.78 is 21.0. The minimum Gasteiger partial charge on any atom is -0.495 e. The number of amides is 3. The summed E-state index contributed by atoms with van der Waals surface area (Å²) in [7, 11) is 1.52. The van der Waals surface area contributed by atoms with Crippen LogP contribution < -0.4 is 20.7 Å². The highest BCUT2D eigenvalue weighted by Gasteiger charge is 2.38. The molecule has 3 N–H and O–H groups in total. The van der Waals surface area contributed by atoms with Gasteiger partial charge in [-0.3, -0.25) is 15.1 Å². The van der Waals surface area contributed by atoms with Crippen LogP contribution in [0.4, 0.5) is 20.0 Å². The Kier molecular flexibility index (Phi) is 6.78. The number of para-hydroxylation sites is 1. The number of carbonyl (C=O) groups is 2. The molecule has 2 aromatic heterocycles. The molecule has 3 aromatic rings. The SMILES string of the molecule is COc1cncc(C2(F)CCc3nc(NC(=O)Nc4ccccc4C(=O)NC(C)C)sc3C2)c1. The van der Waals surface area contributed by atoms with Gasteiger partial charge < -0.3 is 15.4 Å². The predicted molar refractivity (Wildman–Crippen MR) is 129 cm³/mol. The number of pyridine rings is 1. The highest BCUT2D eigenvalue weighted by molar-refractivity contribution is 7.15. The average Bonchev–Trinajstić information content (AvgIpc) is 3.19. The van der Waals surface area contributed by atoms with Crippen LogP contribution in [0.25, 0.3) is 0 Å². The maximum Gasteiger partial charge on any atom is 0.325 e. The molecule has 1 aliphatic carbocycles. The lowest BCUT2D eigenvalue weighted by molar-refractivity contribution is 0.0944. The van der Waals surface area contributed by atoms with Gasteiger partial charge in [0, 0.05) is 29.1 Å². The molecular weight excluding hydrogens is 457 g/mol. The Bertz CT molecular complexity index is 1210. The molecule has 0 saturated heterocycles. The summed E-state index contributed by atoms with van der Waals surface area (Å²) in [5.74, 6) is 0.230. The van der Waals surface area contributed by atoms with E-state index in [1.165, 1.54) is 24.6 Å². The number of benzene rings is 1. The zero-order chi connectivity index (χ0) is 24.3. The van der Waals surface area contributed by atoms with Crippen LogP contribution in [-0.4, -0.2) is 35.1 Å². The number of nitrogens with one attached hydrogen (secondary N) is 3. The number of aromatic nitrogens is 2. The van der Waals surface area contributed by atoms with Crippen molar-refractivity contribution >= 4 is 34.1 Å². The molecule has 0 bridgehead atoms. The van der Waals surface area contributed by atoms with E-state index < -0.39 is 11.7 Å². The number of urea groups is 1. The lowest BCUT2D eigenvalue weighted by Crippen LogP contribution is -2.31. The van der Waals surface area contributed by atoms with Crippen molar-refractivity contribution in [1.82, 2.24) is 15.3 Å². The third-order valence-electron chi connectivity index (χ3n) is 5.50. The van der Waals surface area contributed by atoms with Gasteiger partial charge in [-0.2, -0.15) is 0 Å². The van der Waals surface area contributed by atoms with Gasteiger partial charge in [0.05, 0.1) is 30.3 Å². The van der Waals surface area contributed by atoms with E-state index in [0.29, 0.717) is 34.1 Å². The topological polar surface area (TPSA) is 105 Å². The lowest BCUT2D eigenvalue weighted by atomic mass is 9.83. The first kappa shape index (κ1) is 23.6. The molecule has 178 valence electrons. The number of halogens is 1. The first-order chi connectivity index (χ1) is 16.3. The molecule has 2 heterocycles. The predicted octanol–water partition coefficient (Wildman–Crippen LogP) is 4.68. The first-order valence-electron chi connectivity index (χ1n) is 10.9. The van der Waals surface area contributed by atoms with Crippen molar-refractivity contribution in [2.45, 2.75) is 44.8 Å². The number of rotatable bonds is 6. The monoisotopic (exact) mass is 483 g/mol. The van der Waals surface area contributed by atoms with Crippen molar-refractivity contribution in [2.24, 2.45) is 0 Å².